The molecule has 0 aromatic carbocycles. The van der Waals surface area contributed by atoms with Gasteiger partial charge in [-0.25, -0.2) is 0 Å². The molecule has 2 nitrogen and oxygen atoms in total. The van der Waals surface area contributed by atoms with Crippen molar-refractivity contribution in [2.24, 2.45) is 5.73 Å². The van der Waals surface area contributed by atoms with E-state index in [1.807, 2.05) is 0 Å². The van der Waals surface area contributed by atoms with Gasteiger partial charge in [-0.3, -0.25) is 0 Å². The highest BCUT2D eigenvalue weighted by atomic mass is 32.1. The van der Waals surface area contributed by atoms with Crippen LogP contribution in [0.1, 0.15) is 19.8 Å². The summed E-state index contributed by atoms with van der Waals surface area (Å²) in [6.45, 7) is 3.16. The Morgan fingerprint density at radius 3 is 2.92 bits per heavy atom. The Balaban J connectivity index is 2.22. The van der Waals surface area contributed by atoms with E-state index in [0.717, 1.165) is 13.0 Å². The zero-order valence-corrected chi connectivity index (χ0v) is 9.18. The van der Waals surface area contributed by atoms with Crippen LogP contribution in [-0.2, 0) is 0 Å². The molecule has 1 rings (SSSR count). The lowest BCUT2D eigenvalue weighted by atomic mass is 10.2. The molecule has 0 spiro atoms. The monoisotopic (exact) mass is 198 g/mol. The molecule has 0 aliphatic heterocycles. The fraction of sp³-hybridized carbons (Fsp3) is 0.600. The Kier molecular flexibility index (Phi) is 4.25. The largest absolute Gasteiger partial charge is 0.367 e. The zero-order chi connectivity index (χ0) is 9.68. The van der Waals surface area contributed by atoms with E-state index in [1.165, 1.54) is 11.4 Å². The number of nitrogens with zero attached hydrogens (tertiary/aromatic N) is 1. The highest BCUT2D eigenvalue weighted by Gasteiger charge is 2.01. The number of thiophene rings is 1. The van der Waals surface area contributed by atoms with Gasteiger partial charge in [0.15, 0.2) is 0 Å². The van der Waals surface area contributed by atoms with Gasteiger partial charge < -0.3 is 10.6 Å². The van der Waals surface area contributed by atoms with Gasteiger partial charge in [0.05, 0.1) is 5.00 Å². The maximum atomic E-state index is 5.68. The molecule has 0 fully saturated rings. The molecule has 74 valence electrons. The van der Waals surface area contributed by atoms with Crippen LogP contribution >= 0.6 is 11.3 Å². The van der Waals surface area contributed by atoms with Gasteiger partial charge in [0.2, 0.25) is 0 Å². The van der Waals surface area contributed by atoms with E-state index in [9.17, 15) is 0 Å². The molecule has 1 unspecified atom stereocenters. The number of hydrogen-bond donors (Lipinski definition) is 1. The molecule has 0 amide bonds. The summed E-state index contributed by atoms with van der Waals surface area (Å²) in [6, 6.07) is 4.57. The Morgan fingerprint density at radius 1 is 1.62 bits per heavy atom. The molecular formula is C10H18N2S. The lowest BCUT2D eigenvalue weighted by Crippen LogP contribution is -2.21. The van der Waals surface area contributed by atoms with Gasteiger partial charge in [0, 0.05) is 19.6 Å². The molecule has 1 aromatic heterocycles. The van der Waals surface area contributed by atoms with Gasteiger partial charge >= 0.3 is 0 Å². The predicted octanol–water partition coefficient (Wildman–Crippen LogP) is 2.31. The third kappa shape index (κ3) is 3.79. The first-order valence-electron chi connectivity index (χ1n) is 4.70. The van der Waals surface area contributed by atoms with E-state index in [2.05, 4.69) is 36.4 Å². The van der Waals surface area contributed by atoms with Crippen molar-refractivity contribution in [1.29, 1.82) is 0 Å². The van der Waals surface area contributed by atoms with Crippen molar-refractivity contribution in [3.63, 3.8) is 0 Å². The topological polar surface area (TPSA) is 29.3 Å². The third-order valence-electron chi connectivity index (χ3n) is 2.04. The summed E-state index contributed by atoms with van der Waals surface area (Å²) in [5, 5.41) is 3.45. The normalized spacial score (nSPS) is 12.8. The van der Waals surface area contributed by atoms with Crippen molar-refractivity contribution in [1.82, 2.24) is 0 Å². The maximum Gasteiger partial charge on any atom is 0.0905 e. The zero-order valence-electron chi connectivity index (χ0n) is 8.36. The Hall–Kier alpha value is -0.540. The second-order valence-corrected chi connectivity index (χ2v) is 4.42. The minimum Gasteiger partial charge on any atom is -0.367 e. The highest BCUT2D eigenvalue weighted by molar-refractivity contribution is 7.14. The van der Waals surface area contributed by atoms with Crippen LogP contribution in [0.2, 0.25) is 0 Å². The third-order valence-corrected chi connectivity index (χ3v) is 3.02. The lowest BCUT2D eigenvalue weighted by Gasteiger charge is -2.17. The number of nitrogens with two attached hydrogens (primary N) is 1. The molecule has 13 heavy (non-hydrogen) atoms. The summed E-state index contributed by atoms with van der Waals surface area (Å²) in [7, 11) is 2.13. The molecule has 0 radical (unpaired) electrons. The van der Waals surface area contributed by atoms with Crippen LogP contribution in [0, 0.1) is 0 Å². The van der Waals surface area contributed by atoms with Gasteiger partial charge in [-0.1, -0.05) is 0 Å². The minimum absolute atomic E-state index is 0.330. The Bertz CT molecular complexity index is 219. The molecule has 0 saturated heterocycles. The fourth-order valence-electron chi connectivity index (χ4n) is 1.25. The predicted molar refractivity (Wildman–Crippen MR) is 60.5 cm³/mol. The van der Waals surface area contributed by atoms with Gasteiger partial charge in [0.1, 0.15) is 0 Å². The molecule has 1 atom stereocenters. The average Bonchev–Trinajstić information content (AvgIpc) is 2.55. The summed E-state index contributed by atoms with van der Waals surface area (Å²) in [5.41, 5.74) is 5.68. The summed E-state index contributed by atoms with van der Waals surface area (Å²) in [6.07, 6.45) is 2.28. The summed E-state index contributed by atoms with van der Waals surface area (Å²) < 4.78 is 0. The van der Waals surface area contributed by atoms with Gasteiger partial charge in [-0.05, 0) is 37.3 Å². The van der Waals surface area contributed by atoms with Crippen LogP contribution in [0.3, 0.4) is 0 Å². The smallest absolute Gasteiger partial charge is 0.0905 e. The second-order valence-electron chi connectivity index (χ2n) is 3.49. The molecule has 0 aliphatic carbocycles. The molecular weight excluding hydrogens is 180 g/mol. The van der Waals surface area contributed by atoms with Crippen LogP contribution in [0.25, 0.3) is 0 Å². The standard InChI is InChI=1S/C10H18N2S/c1-9(11)5-3-7-12(2)10-6-4-8-13-10/h4,6,8-9H,3,5,7,11H2,1-2H3. The van der Waals surface area contributed by atoms with Crippen LogP contribution in [0.4, 0.5) is 5.00 Å². The van der Waals surface area contributed by atoms with Gasteiger partial charge in [0.25, 0.3) is 0 Å². The lowest BCUT2D eigenvalue weighted by molar-refractivity contribution is 0.622. The molecule has 0 aliphatic rings. The maximum absolute atomic E-state index is 5.68. The molecule has 1 aromatic rings. The van der Waals surface area contributed by atoms with E-state index in [1.54, 1.807) is 11.3 Å². The SMILES string of the molecule is CC(N)CCCN(C)c1cccs1. The first kappa shape index (κ1) is 10.5. The van der Waals surface area contributed by atoms with Crippen LogP contribution in [0.5, 0.6) is 0 Å². The van der Waals surface area contributed by atoms with Crippen molar-refractivity contribution in [3.05, 3.63) is 17.5 Å². The summed E-state index contributed by atoms with van der Waals surface area (Å²) in [4.78, 5) is 2.28. The fourth-order valence-corrected chi connectivity index (χ4v) is 1.97. The average molecular weight is 198 g/mol. The van der Waals surface area contributed by atoms with Gasteiger partial charge in [-0.2, -0.15) is 0 Å². The van der Waals surface area contributed by atoms with E-state index >= 15 is 0 Å². The molecule has 0 bridgehead atoms. The van der Waals surface area contributed by atoms with E-state index in [4.69, 9.17) is 5.73 Å². The van der Waals surface area contributed by atoms with E-state index in [0.29, 0.717) is 6.04 Å². The number of hydrogen-bond acceptors (Lipinski definition) is 3. The molecule has 3 heteroatoms. The molecule has 2 N–H and O–H groups in total. The van der Waals surface area contributed by atoms with Crippen molar-refractivity contribution in [2.75, 3.05) is 18.5 Å². The number of rotatable bonds is 5. The van der Waals surface area contributed by atoms with Crippen LogP contribution in [0.15, 0.2) is 17.5 Å². The summed E-state index contributed by atoms with van der Waals surface area (Å²) >= 11 is 1.78. The molecule has 1 heterocycles. The van der Waals surface area contributed by atoms with Crippen LogP contribution < -0.4 is 10.6 Å². The van der Waals surface area contributed by atoms with Gasteiger partial charge in [-0.15, -0.1) is 11.3 Å². The number of anilines is 1. The van der Waals surface area contributed by atoms with Crippen molar-refractivity contribution in [3.8, 4) is 0 Å². The van der Waals surface area contributed by atoms with Crippen LogP contribution in [-0.4, -0.2) is 19.6 Å². The van der Waals surface area contributed by atoms with Crippen molar-refractivity contribution in [2.45, 2.75) is 25.8 Å². The summed E-state index contributed by atoms with van der Waals surface area (Å²) in [5.74, 6) is 0. The van der Waals surface area contributed by atoms with Crippen molar-refractivity contribution < 1.29 is 0 Å². The first-order chi connectivity index (χ1) is 6.20. The quantitative estimate of drug-likeness (QED) is 0.786. The Labute approximate surface area is 84.4 Å². The Morgan fingerprint density at radius 2 is 2.38 bits per heavy atom. The second kappa shape index (κ2) is 5.25. The minimum atomic E-state index is 0.330. The van der Waals surface area contributed by atoms with E-state index in [-0.39, 0.29) is 0 Å². The molecule has 0 saturated carbocycles. The first-order valence-corrected chi connectivity index (χ1v) is 5.58. The highest BCUT2D eigenvalue weighted by Crippen LogP contribution is 2.19. The van der Waals surface area contributed by atoms with Crippen molar-refractivity contribution >= 4 is 16.3 Å². The van der Waals surface area contributed by atoms with E-state index < -0.39 is 0 Å².